The number of alkyl halides is 3. The second kappa shape index (κ2) is 14.0. The van der Waals surface area contributed by atoms with Crippen molar-refractivity contribution in [1.29, 1.82) is 0 Å². The van der Waals surface area contributed by atoms with Gasteiger partial charge in [0.25, 0.3) is 5.91 Å². The molecular weight excluding hydrogens is 584 g/mol. The van der Waals surface area contributed by atoms with Gasteiger partial charge in [-0.2, -0.15) is 18.2 Å². The highest BCUT2D eigenvalue weighted by Crippen LogP contribution is 2.27. The number of ether oxygens (including phenoxy) is 1. The van der Waals surface area contributed by atoms with Crippen LogP contribution < -0.4 is 20.3 Å². The summed E-state index contributed by atoms with van der Waals surface area (Å²) in [5, 5.41) is 14.8. The molecule has 2 aromatic carbocycles. The second-order valence-electron chi connectivity index (χ2n) is 10.2. The molecule has 1 fully saturated rings. The van der Waals surface area contributed by atoms with Crippen molar-refractivity contribution in [3.63, 3.8) is 0 Å². The number of pyridine rings is 1. The van der Waals surface area contributed by atoms with Crippen molar-refractivity contribution in [3.8, 4) is 11.6 Å². The van der Waals surface area contributed by atoms with Gasteiger partial charge >= 0.3 is 12.1 Å². The summed E-state index contributed by atoms with van der Waals surface area (Å²) in [6, 6.07) is 17.3. The van der Waals surface area contributed by atoms with Crippen LogP contribution in [0.2, 0.25) is 0 Å². The molecule has 3 N–H and O–H groups in total. The highest BCUT2D eigenvalue weighted by molar-refractivity contribution is 5.94. The van der Waals surface area contributed by atoms with E-state index in [9.17, 15) is 22.4 Å². The number of para-hydroxylation sites is 1. The highest BCUT2D eigenvalue weighted by Gasteiger charge is 2.38. The highest BCUT2D eigenvalue weighted by atomic mass is 19.4. The molecule has 44 heavy (non-hydrogen) atoms. The summed E-state index contributed by atoms with van der Waals surface area (Å²) < 4.78 is 50.8. The Morgan fingerprint density at radius 1 is 0.955 bits per heavy atom. The van der Waals surface area contributed by atoms with Crippen LogP contribution in [0, 0.1) is 5.82 Å². The van der Waals surface area contributed by atoms with Crippen LogP contribution in [0.5, 0.6) is 11.6 Å². The molecule has 10 nitrogen and oxygen atoms in total. The number of aliphatic carboxylic acids is 1. The first-order valence-electron chi connectivity index (χ1n) is 13.6. The normalized spacial score (nSPS) is 16.3. The first-order valence-corrected chi connectivity index (χ1v) is 13.6. The Balaban J connectivity index is 0.000000566. The number of benzene rings is 2. The lowest BCUT2D eigenvalue weighted by Crippen LogP contribution is -2.40. The molecule has 0 unspecified atom stereocenters. The zero-order valence-electron chi connectivity index (χ0n) is 23.8. The number of amides is 1. The molecule has 1 aliphatic rings. The third kappa shape index (κ3) is 8.75. The number of carboxylic acids is 1. The number of aromatic nitrogens is 3. The molecule has 2 heterocycles. The lowest BCUT2D eigenvalue weighted by molar-refractivity contribution is -0.192. The molecule has 1 aliphatic carbocycles. The first kappa shape index (κ1) is 31.9. The first-order chi connectivity index (χ1) is 20.9. The van der Waals surface area contributed by atoms with E-state index in [1.54, 1.807) is 24.3 Å². The molecule has 2 aromatic heterocycles. The SMILES string of the molecule is CN(C)c1nc(NC2CCC(NC(=O)c3ccnc(Oc4cccc(F)c4)c3)CC2)nc2ccccc12.O=C(O)C(F)(F)F. The summed E-state index contributed by atoms with van der Waals surface area (Å²) in [7, 11) is 3.96. The number of hydrogen-bond donors (Lipinski definition) is 3. The summed E-state index contributed by atoms with van der Waals surface area (Å²) in [5.74, 6) is -1.28. The maximum Gasteiger partial charge on any atom is 0.490 e. The number of carboxylic acid groups (broad SMARTS) is 1. The number of hydrogen-bond acceptors (Lipinski definition) is 8. The van der Waals surface area contributed by atoms with Gasteiger partial charge in [-0.15, -0.1) is 0 Å². The van der Waals surface area contributed by atoms with E-state index in [0.29, 0.717) is 17.3 Å². The molecule has 0 spiro atoms. The minimum absolute atomic E-state index is 0.0705. The quantitative estimate of drug-likeness (QED) is 0.221. The zero-order valence-corrected chi connectivity index (χ0v) is 23.8. The number of rotatable bonds is 7. The van der Waals surface area contributed by atoms with Gasteiger partial charge in [-0.1, -0.05) is 18.2 Å². The van der Waals surface area contributed by atoms with E-state index >= 15 is 0 Å². The standard InChI is InChI=1S/C28H29FN6O2.C2HF3O2/c1-35(2)26-23-8-3-4-9-24(23)33-28(34-26)32-21-12-10-20(11-13-21)31-27(36)18-14-15-30-25(16-18)37-22-7-5-6-19(29)17-22;3-2(4,5)1(6)7/h3-9,14-17,20-21H,10-13H2,1-2H3,(H,31,36)(H,32,33,34);(H,6,7). The predicted octanol–water partition coefficient (Wildman–Crippen LogP) is 5.81. The van der Waals surface area contributed by atoms with Crippen LogP contribution in [0.4, 0.5) is 29.3 Å². The summed E-state index contributed by atoms with van der Waals surface area (Å²) in [5.41, 5.74) is 1.35. The van der Waals surface area contributed by atoms with Crippen molar-refractivity contribution in [2.75, 3.05) is 24.3 Å². The summed E-state index contributed by atoms with van der Waals surface area (Å²) in [6.45, 7) is 0. The largest absolute Gasteiger partial charge is 0.490 e. The van der Waals surface area contributed by atoms with E-state index in [1.165, 1.54) is 18.3 Å². The van der Waals surface area contributed by atoms with Gasteiger partial charge in [0.15, 0.2) is 0 Å². The van der Waals surface area contributed by atoms with Crippen molar-refractivity contribution in [1.82, 2.24) is 20.3 Å². The fourth-order valence-corrected chi connectivity index (χ4v) is 4.56. The van der Waals surface area contributed by atoms with Crippen LogP contribution >= 0.6 is 0 Å². The number of halogens is 4. The van der Waals surface area contributed by atoms with E-state index in [2.05, 4.69) is 15.6 Å². The van der Waals surface area contributed by atoms with Gasteiger partial charge in [0.1, 0.15) is 17.4 Å². The lowest BCUT2D eigenvalue weighted by atomic mass is 9.91. The van der Waals surface area contributed by atoms with Gasteiger partial charge in [-0.3, -0.25) is 4.79 Å². The molecule has 14 heteroatoms. The topological polar surface area (TPSA) is 130 Å². The molecule has 0 saturated heterocycles. The molecule has 5 rings (SSSR count). The summed E-state index contributed by atoms with van der Waals surface area (Å²) in [4.78, 5) is 37.3. The second-order valence-corrected chi connectivity index (χ2v) is 10.2. The van der Waals surface area contributed by atoms with Crippen LogP contribution in [0.15, 0.2) is 66.9 Å². The molecule has 0 atom stereocenters. The zero-order chi connectivity index (χ0) is 31.9. The van der Waals surface area contributed by atoms with Crippen LogP contribution in [0.1, 0.15) is 36.0 Å². The molecule has 1 amide bonds. The van der Waals surface area contributed by atoms with Gasteiger partial charge in [-0.25, -0.2) is 19.2 Å². The Morgan fingerprint density at radius 3 is 2.30 bits per heavy atom. The van der Waals surface area contributed by atoms with Crippen LogP contribution in [-0.4, -0.2) is 64.3 Å². The Bertz CT molecular complexity index is 1610. The molecule has 1 saturated carbocycles. The van der Waals surface area contributed by atoms with Gasteiger partial charge in [0.05, 0.1) is 5.52 Å². The average Bonchev–Trinajstić information content (AvgIpc) is 2.97. The predicted molar refractivity (Wildman–Crippen MR) is 155 cm³/mol. The smallest absolute Gasteiger partial charge is 0.475 e. The number of nitrogens with zero attached hydrogens (tertiary/aromatic N) is 4. The molecule has 4 aromatic rings. The number of anilines is 2. The van der Waals surface area contributed by atoms with Crippen LogP contribution in [0.25, 0.3) is 10.9 Å². The van der Waals surface area contributed by atoms with Crippen molar-refractivity contribution in [3.05, 3.63) is 78.2 Å². The number of fused-ring (bicyclic) bond motifs is 1. The van der Waals surface area contributed by atoms with Crippen LogP contribution in [0.3, 0.4) is 0 Å². The number of carbonyl (C=O) groups excluding carboxylic acids is 1. The van der Waals surface area contributed by atoms with E-state index in [4.69, 9.17) is 24.6 Å². The summed E-state index contributed by atoms with van der Waals surface area (Å²) in [6.07, 6.45) is -0.105. The Kier molecular flexibility index (Phi) is 10.1. The van der Waals surface area contributed by atoms with Crippen molar-refractivity contribution in [2.24, 2.45) is 0 Å². The maximum atomic E-state index is 13.4. The lowest BCUT2D eigenvalue weighted by Gasteiger charge is -2.30. The monoisotopic (exact) mass is 614 g/mol. The fourth-order valence-electron chi connectivity index (χ4n) is 4.56. The number of carbonyl (C=O) groups is 2. The number of nitrogens with one attached hydrogen (secondary N) is 2. The Hall–Kier alpha value is -5.01. The molecular formula is C30H30F4N6O4. The van der Waals surface area contributed by atoms with Crippen LogP contribution in [-0.2, 0) is 4.79 Å². The molecule has 0 bridgehead atoms. The van der Waals surface area contributed by atoms with E-state index in [-0.39, 0.29) is 23.9 Å². The minimum Gasteiger partial charge on any atom is -0.475 e. The Labute approximate surface area is 250 Å². The van der Waals surface area contributed by atoms with Gasteiger partial charge in [0.2, 0.25) is 11.8 Å². The van der Waals surface area contributed by atoms with Gasteiger partial charge in [-0.05, 0) is 56.0 Å². The van der Waals surface area contributed by atoms with Crippen molar-refractivity contribution in [2.45, 2.75) is 43.9 Å². The molecule has 0 aliphatic heterocycles. The molecule has 232 valence electrons. The average molecular weight is 615 g/mol. The summed E-state index contributed by atoms with van der Waals surface area (Å²) >= 11 is 0. The Morgan fingerprint density at radius 2 is 1.64 bits per heavy atom. The van der Waals surface area contributed by atoms with E-state index in [1.807, 2.05) is 43.3 Å². The van der Waals surface area contributed by atoms with E-state index in [0.717, 1.165) is 42.4 Å². The van der Waals surface area contributed by atoms with Crippen molar-refractivity contribution >= 4 is 34.5 Å². The van der Waals surface area contributed by atoms with Gasteiger partial charge in [0, 0.05) is 55.5 Å². The van der Waals surface area contributed by atoms with Crippen molar-refractivity contribution < 1.29 is 37.0 Å². The maximum absolute atomic E-state index is 13.4. The third-order valence-corrected chi connectivity index (χ3v) is 6.66. The minimum atomic E-state index is -5.08. The third-order valence-electron chi connectivity index (χ3n) is 6.66. The fraction of sp³-hybridized carbons (Fsp3) is 0.300. The molecule has 0 radical (unpaired) electrons. The van der Waals surface area contributed by atoms with Gasteiger partial charge < -0.3 is 25.4 Å². The van der Waals surface area contributed by atoms with E-state index < -0.39 is 18.0 Å².